The Balaban J connectivity index is 1.36. The lowest BCUT2D eigenvalue weighted by molar-refractivity contribution is -0.384. The minimum atomic E-state index is -0.784. The average molecular weight is 636 g/mol. The van der Waals surface area contributed by atoms with E-state index in [1.165, 1.54) is 23.3 Å². The summed E-state index contributed by atoms with van der Waals surface area (Å²) in [6.45, 7) is 11.9. The number of Topliss-reactive ketones (excluding diaryl/α,β-unsaturated/α-hetero) is 1. The quantitative estimate of drug-likeness (QED) is 0.124. The number of hydrogen-bond donors (Lipinski definition) is 1. The molecule has 2 aliphatic rings. The first-order chi connectivity index (χ1) is 22.5. The van der Waals surface area contributed by atoms with Crippen molar-refractivity contribution in [1.82, 2.24) is 10.2 Å². The molecule has 0 bridgehead atoms. The Kier molecular flexibility index (Phi) is 10.4. The molecule has 0 aromatic heterocycles. The molecule has 246 valence electrons. The number of nitro benzene ring substituents is 1. The van der Waals surface area contributed by atoms with Crippen LogP contribution in [0.2, 0.25) is 0 Å². The number of likely N-dealkylation sites (tertiary alicyclic amines) is 1. The molecule has 2 unspecified atom stereocenters. The summed E-state index contributed by atoms with van der Waals surface area (Å²) in [6.07, 6.45) is 1.77. The molecule has 3 aromatic carbocycles. The molecule has 47 heavy (non-hydrogen) atoms. The number of nitrogens with one attached hydrogen (secondary N) is 1. The summed E-state index contributed by atoms with van der Waals surface area (Å²) in [6, 6.07) is 27.4. The van der Waals surface area contributed by atoms with Crippen LogP contribution in [-0.4, -0.2) is 47.3 Å². The van der Waals surface area contributed by atoms with Crippen LogP contribution >= 0.6 is 0 Å². The maximum atomic E-state index is 14.4. The second kappa shape index (κ2) is 14.5. The van der Waals surface area contributed by atoms with Crippen molar-refractivity contribution in [3.8, 4) is 0 Å². The molecule has 0 radical (unpaired) electrons. The highest BCUT2D eigenvalue weighted by Crippen LogP contribution is 2.43. The van der Waals surface area contributed by atoms with Crippen molar-refractivity contribution >= 4 is 17.4 Å². The van der Waals surface area contributed by atoms with E-state index in [9.17, 15) is 19.7 Å². The zero-order valence-corrected chi connectivity index (χ0v) is 28.0. The highest BCUT2D eigenvalue weighted by Gasteiger charge is 2.42. The van der Waals surface area contributed by atoms with Crippen molar-refractivity contribution in [2.45, 2.75) is 71.8 Å². The van der Waals surface area contributed by atoms with E-state index in [2.05, 4.69) is 65.7 Å². The van der Waals surface area contributed by atoms with Gasteiger partial charge in [-0.3, -0.25) is 14.9 Å². The van der Waals surface area contributed by atoms with Crippen LogP contribution in [0.25, 0.3) is 0 Å². The first-order valence-electron chi connectivity index (χ1n) is 16.4. The summed E-state index contributed by atoms with van der Waals surface area (Å²) >= 11 is 0. The van der Waals surface area contributed by atoms with Gasteiger partial charge in [-0.2, -0.15) is 0 Å². The van der Waals surface area contributed by atoms with Crippen molar-refractivity contribution in [2.75, 3.05) is 19.6 Å². The molecule has 1 saturated heterocycles. The summed E-state index contributed by atoms with van der Waals surface area (Å²) in [5, 5.41) is 15.0. The number of nitrogens with zero attached hydrogens (tertiary/aromatic N) is 2. The molecule has 5 rings (SSSR count). The van der Waals surface area contributed by atoms with Gasteiger partial charge in [-0.05, 0) is 75.7 Å². The number of ketones is 1. The van der Waals surface area contributed by atoms with Crippen LogP contribution in [-0.2, 0) is 14.3 Å². The SMILES string of the molecule is CC1=C(C(=O)CC2(C)CCN(CCC(c3ccccc3)c3ccccc3)C2)C(c2cccc([N+](=O)[O-])c2)C(C(=O)OC(C)C)=C(C)N1. The molecule has 0 amide bonds. The largest absolute Gasteiger partial charge is 0.460 e. The number of carbonyl (C=O) groups is 2. The lowest BCUT2D eigenvalue weighted by Crippen LogP contribution is -2.35. The molecule has 2 atom stereocenters. The molecule has 8 nitrogen and oxygen atoms in total. The normalized spacial score (nSPS) is 20.1. The number of non-ortho nitro benzene ring substituents is 1. The first-order valence-corrected chi connectivity index (χ1v) is 16.4. The number of carbonyl (C=O) groups excluding carboxylic acids is 2. The van der Waals surface area contributed by atoms with Crippen LogP contribution in [0.5, 0.6) is 0 Å². The minimum Gasteiger partial charge on any atom is -0.460 e. The minimum absolute atomic E-state index is 0.0651. The molecule has 0 saturated carbocycles. The van der Waals surface area contributed by atoms with Crippen molar-refractivity contribution < 1.29 is 19.2 Å². The molecule has 1 fully saturated rings. The Morgan fingerprint density at radius 1 is 0.957 bits per heavy atom. The number of ether oxygens (including phenoxy) is 1. The third-order valence-electron chi connectivity index (χ3n) is 9.40. The van der Waals surface area contributed by atoms with Gasteiger partial charge in [0.25, 0.3) is 5.69 Å². The summed E-state index contributed by atoms with van der Waals surface area (Å²) < 4.78 is 5.62. The predicted octanol–water partition coefficient (Wildman–Crippen LogP) is 7.67. The highest BCUT2D eigenvalue weighted by molar-refractivity contribution is 6.03. The summed E-state index contributed by atoms with van der Waals surface area (Å²) in [4.78, 5) is 41.6. The van der Waals surface area contributed by atoms with Crippen LogP contribution in [0.3, 0.4) is 0 Å². The third kappa shape index (κ3) is 7.88. The van der Waals surface area contributed by atoms with Crippen molar-refractivity contribution in [1.29, 1.82) is 0 Å². The molecular formula is C39H45N3O5. The maximum absolute atomic E-state index is 14.4. The molecule has 8 heteroatoms. The second-order valence-electron chi connectivity index (χ2n) is 13.5. The number of rotatable bonds is 12. The maximum Gasteiger partial charge on any atom is 0.337 e. The van der Waals surface area contributed by atoms with Gasteiger partial charge in [0.2, 0.25) is 0 Å². The summed E-state index contributed by atoms with van der Waals surface area (Å²) in [7, 11) is 0. The van der Waals surface area contributed by atoms with Crippen molar-refractivity contribution in [2.24, 2.45) is 5.41 Å². The van der Waals surface area contributed by atoms with Crippen LogP contribution in [0.1, 0.15) is 82.4 Å². The topological polar surface area (TPSA) is 102 Å². The number of benzene rings is 3. The standard InChI is InChI=1S/C39H45N3O5/c1-26(2)47-38(44)36-28(4)40-27(3)35(37(36)31-17-12-18-32(23-31)42(45)46)34(43)24-39(5)20-22-41(25-39)21-19-33(29-13-8-6-9-14-29)30-15-10-7-11-16-30/h6-18,23,26,33,37,40H,19-22,24-25H2,1-5H3. The molecule has 1 N–H and O–H groups in total. The summed E-state index contributed by atoms with van der Waals surface area (Å²) in [5.41, 5.74) is 4.74. The fourth-order valence-electron chi connectivity index (χ4n) is 7.22. The van der Waals surface area contributed by atoms with Gasteiger partial charge in [0.05, 0.1) is 16.6 Å². The van der Waals surface area contributed by atoms with E-state index in [1.807, 2.05) is 19.1 Å². The Morgan fingerprint density at radius 2 is 1.57 bits per heavy atom. The van der Waals surface area contributed by atoms with Crippen LogP contribution in [0.4, 0.5) is 5.69 Å². The van der Waals surface area contributed by atoms with Gasteiger partial charge in [-0.25, -0.2) is 4.79 Å². The van der Waals surface area contributed by atoms with Gasteiger partial charge in [0.1, 0.15) is 0 Å². The highest BCUT2D eigenvalue weighted by atomic mass is 16.6. The number of allylic oxidation sites excluding steroid dienone is 3. The van der Waals surface area contributed by atoms with E-state index >= 15 is 0 Å². The Hall–Kier alpha value is -4.56. The predicted molar refractivity (Wildman–Crippen MR) is 184 cm³/mol. The average Bonchev–Trinajstić information content (AvgIpc) is 3.41. The van der Waals surface area contributed by atoms with Gasteiger partial charge in [-0.1, -0.05) is 79.7 Å². The number of esters is 1. The Morgan fingerprint density at radius 3 is 2.17 bits per heavy atom. The monoisotopic (exact) mass is 635 g/mol. The summed E-state index contributed by atoms with van der Waals surface area (Å²) in [5.74, 6) is -1.11. The van der Waals surface area contributed by atoms with Gasteiger partial charge in [0.15, 0.2) is 5.78 Å². The zero-order chi connectivity index (χ0) is 33.7. The van der Waals surface area contributed by atoms with E-state index in [0.717, 1.165) is 32.5 Å². The Labute approximate surface area is 277 Å². The van der Waals surface area contributed by atoms with E-state index in [-0.39, 0.29) is 28.9 Å². The number of dihydropyridines is 1. The molecule has 0 spiro atoms. The fourth-order valence-corrected chi connectivity index (χ4v) is 7.22. The van der Waals surface area contributed by atoms with E-state index < -0.39 is 16.8 Å². The van der Waals surface area contributed by atoms with Gasteiger partial charge in [-0.15, -0.1) is 0 Å². The van der Waals surface area contributed by atoms with Gasteiger partial charge < -0.3 is 15.0 Å². The third-order valence-corrected chi connectivity index (χ3v) is 9.40. The smallest absolute Gasteiger partial charge is 0.337 e. The van der Waals surface area contributed by atoms with Gasteiger partial charge in [0, 0.05) is 53.9 Å². The molecule has 2 aliphatic heterocycles. The second-order valence-corrected chi connectivity index (χ2v) is 13.5. The van der Waals surface area contributed by atoms with E-state index in [1.54, 1.807) is 32.9 Å². The lowest BCUT2D eigenvalue weighted by Gasteiger charge is -2.33. The lowest BCUT2D eigenvalue weighted by atomic mass is 9.74. The molecule has 0 aliphatic carbocycles. The van der Waals surface area contributed by atoms with Crippen molar-refractivity contribution in [3.05, 3.63) is 134 Å². The zero-order valence-electron chi connectivity index (χ0n) is 28.0. The molecule has 2 heterocycles. The van der Waals surface area contributed by atoms with Crippen LogP contribution in [0, 0.1) is 15.5 Å². The van der Waals surface area contributed by atoms with E-state index in [4.69, 9.17) is 4.74 Å². The van der Waals surface area contributed by atoms with Crippen molar-refractivity contribution in [3.63, 3.8) is 0 Å². The molecular weight excluding hydrogens is 590 g/mol. The van der Waals surface area contributed by atoms with Gasteiger partial charge >= 0.3 is 5.97 Å². The Bertz CT molecular complexity index is 1640. The molecule has 3 aromatic rings. The number of nitro groups is 1. The fraction of sp³-hybridized carbons (Fsp3) is 0.385. The van der Waals surface area contributed by atoms with Crippen LogP contribution < -0.4 is 5.32 Å². The van der Waals surface area contributed by atoms with Crippen LogP contribution in [0.15, 0.2) is 107 Å². The first kappa shape index (κ1) is 33.8. The number of hydrogen-bond acceptors (Lipinski definition) is 7. The van der Waals surface area contributed by atoms with E-state index in [0.29, 0.717) is 34.5 Å².